The summed E-state index contributed by atoms with van der Waals surface area (Å²) in [6.07, 6.45) is 3.50. The smallest absolute Gasteiger partial charge is 0.399 e. The predicted octanol–water partition coefficient (Wildman–Crippen LogP) is 7.08. The van der Waals surface area contributed by atoms with Crippen molar-refractivity contribution in [2.24, 2.45) is 5.41 Å². The van der Waals surface area contributed by atoms with Crippen LogP contribution in [-0.4, -0.2) is 22.9 Å². The van der Waals surface area contributed by atoms with Crippen LogP contribution < -0.4 is 5.46 Å². The van der Waals surface area contributed by atoms with Crippen LogP contribution in [0.4, 0.5) is 0 Å². The molecule has 174 valence electrons. The minimum atomic E-state index is -0.371. The monoisotopic (exact) mass is 443 g/mol. The number of para-hydroxylation sites is 1. The third-order valence-corrected chi connectivity index (χ3v) is 8.13. The van der Waals surface area contributed by atoms with E-state index in [1.165, 1.54) is 27.7 Å². The molecule has 0 bridgehead atoms. The van der Waals surface area contributed by atoms with Gasteiger partial charge in [0.2, 0.25) is 0 Å². The Morgan fingerprint density at radius 2 is 1.64 bits per heavy atom. The lowest BCUT2D eigenvalue weighted by Crippen LogP contribution is -2.41. The fourth-order valence-electron chi connectivity index (χ4n) is 4.39. The molecule has 0 unspecified atom stereocenters. The van der Waals surface area contributed by atoms with Gasteiger partial charge in [-0.25, -0.2) is 0 Å². The fourth-order valence-corrected chi connectivity index (χ4v) is 4.39. The second kappa shape index (κ2) is 8.18. The van der Waals surface area contributed by atoms with Gasteiger partial charge in [-0.2, -0.15) is 0 Å². The molecule has 33 heavy (non-hydrogen) atoms. The first kappa shape index (κ1) is 23.8. The number of hydrogen-bond donors (Lipinski definition) is 0. The second-order valence-electron chi connectivity index (χ2n) is 11.1. The normalized spacial score (nSPS) is 18.3. The molecule has 0 radical (unpaired) electrons. The highest BCUT2D eigenvalue weighted by molar-refractivity contribution is 6.62. The van der Waals surface area contributed by atoms with Crippen molar-refractivity contribution in [3.63, 3.8) is 0 Å². The summed E-state index contributed by atoms with van der Waals surface area (Å²) in [5.74, 6) is 0. The van der Waals surface area contributed by atoms with Crippen molar-refractivity contribution in [1.29, 1.82) is 0 Å². The van der Waals surface area contributed by atoms with E-state index in [4.69, 9.17) is 9.31 Å². The van der Waals surface area contributed by atoms with Crippen molar-refractivity contribution in [3.05, 3.63) is 65.4 Å². The van der Waals surface area contributed by atoms with Crippen molar-refractivity contribution in [1.82, 2.24) is 4.57 Å². The Bertz CT molecular complexity index is 1200. The number of aromatic nitrogens is 1. The molecule has 1 fully saturated rings. The summed E-state index contributed by atoms with van der Waals surface area (Å²) in [5.41, 5.74) is 6.80. The summed E-state index contributed by atoms with van der Waals surface area (Å²) in [6, 6.07) is 17.3. The largest absolute Gasteiger partial charge is 0.494 e. The van der Waals surface area contributed by atoms with Crippen LogP contribution in [0.2, 0.25) is 0 Å². The lowest BCUT2D eigenvalue weighted by Gasteiger charge is -2.32. The summed E-state index contributed by atoms with van der Waals surface area (Å²) < 4.78 is 15.0. The van der Waals surface area contributed by atoms with Crippen molar-refractivity contribution in [2.45, 2.75) is 79.9 Å². The van der Waals surface area contributed by atoms with Gasteiger partial charge in [-0.05, 0) is 77.0 Å². The minimum Gasteiger partial charge on any atom is -0.399 e. The van der Waals surface area contributed by atoms with Crippen LogP contribution in [0.25, 0.3) is 22.7 Å². The van der Waals surface area contributed by atoms with Crippen LogP contribution in [0.15, 0.2) is 54.1 Å². The van der Waals surface area contributed by atoms with Crippen molar-refractivity contribution in [3.8, 4) is 5.69 Å². The number of fused-ring (bicyclic) bond motifs is 1. The molecule has 3 nitrogen and oxygen atoms in total. The van der Waals surface area contributed by atoms with Gasteiger partial charge in [0.15, 0.2) is 0 Å². The van der Waals surface area contributed by atoms with Gasteiger partial charge in [0, 0.05) is 22.3 Å². The fraction of sp³-hybridized carbons (Fsp3) is 0.448. The van der Waals surface area contributed by atoms with Gasteiger partial charge in [-0.15, -0.1) is 0 Å². The molecule has 0 saturated carbocycles. The first-order valence-electron chi connectivity index (χ1n) is 12.1. The molecule has 1 aliphatic rings. The van der Waals surface area contributed by atoms with Crippen molar-refractivity contribution in [2.75, 3.05) is 0 Å². The molecule has 2 heterocycles. The van der Waals surface area contributed by atoms with Crippen LogP contribution in [0.1, 0.15) is 73.1 Å². The lowest BCUT2D eigenvalue weighted by molar-refractivity contribution is 0.00578. The van der Waals surface area contributed by atoms with E-state index < -0.39 is 0 Å². The SMILES string of the molecule is CCC(C)(C)/C(C)=C/c1c(C)n(-c2cccc(B3OC(C)(C)C(C)(C)O3)c2)c2ccccc12. The van der Waals surface area contributed by atoms with Crippen molar-refractivity contribution >= 4 is 29.6 Å². The Morgan fingerprint density at radius 1 is 1.00 bits per heavy atom. The number of nitrogens with zero attached hydrogens (tertiary/aromatic N) is 1. The van der Waals surface area contributed by atoms with Gasteiger partial charge in [0.05, 0.1) is 16.7 Å². The second-order valence-corrected chi connectivity index (χ2v) is 11.1. The first-order valence-corrected chi connectivity index (χ1v) is 12.1. The van der Waals surface area contributed by atoms with Crippen LogP contribution in [0.5, 0.6) is 0 Å². The van der Waals surface area contributed by atoms with Gasteiger partial charge in [-0.3, -0.25) is 0 Å². The highest BCUT2D eigenvalue weighted by Gasteiger charge is 2.51. The maximum absolute atomic E-state index is 6.33. The average Bonchev–Trinajstić information content (AvgIpc) is 3.16. The van der Waals surface area contributed by atoms with E-state index in [9.17, 15) is 0 Å². The molecule has 1 aromatic heterocycles. The van der Waals surface area contributed by atoms with Crippen LogP contribution >= 0.6 is 0 Å². The van der Waals surface area contributed by atoms with E-state index in [0.29, 0.717) is 0 Å². The van der Waals surface area contributed by atoms with Gasteiger partial charge in [0.25, 0.3) is 0 Å². The van der Waals surface area contributed by atoms with E-state index in [1.807, 2.05) is 0 Å². The summed E-state index contributed by atoms with van der Waals surface area (Å²) in [7, 11) is -0.371. The molecule has 0 aliphatic carbocycles. The zero-order valence-corrected chi connectivity index (χ0v) is 21.7. The molecule has 0 N–H and O–H groups in total. The molecule has 4 rings (SSSR count). The molecular weight excluding hydrogens is 405 g/mol. The van der Waals surface area contributed by atoms with Gasteiger partial charge in [-0.1, -0.05) is 62.8 Å². The van der Waals surface area contributed by atoms with Crippen molar-refractivity contribution < 1.29 is 9.31 Å². The Hall–Kier alpha value is -2.30. The Balaban J connectivity index is 1.83. The average molecular weight is 443 g/mol. The Kier molecular flexibility index (Phi) is 5.91. The zero-order valence-electron chi connectivity index (χ0n) is 21.7. The third kappa shape index (κ3) is 4.09. The number of benzene rings is 2. The van der Waals surface area contributed by atoms with E-state index in [-0.39, 0.29) is 23.7 Å². The number of allylic oxidation sites excluding steroid dienone is 1. The van der Waals surface area contributed by atoms with Gasteiger partial charge in [0.1, 0.15) is 0 Å². The van der Waals surface area contributed by atoms with E-state index in [2.05, 4.69) is 121 Å². The third-order valence-electron chi connectivity index (χ3n) is 8.13. The molecule has 3 aromatic rings. The summed E-state index contributed by atoms with van der Waals surface area (Å²) in [5, 5.41) is 1.28. The van der Waals surface area contributed by atoms with Gasteiger partial charge < -0.3 is 13.9 Å². The lowest BCUT2D eigenvalue weighted by atomic mass is 9.79. The maximum Gasteiger partial charge on any atom is 0.494 e. The molecule has 0 spiro atoms. The summed E-state index contributed by atoms with van der Waals surface area (Å²) in [4.78, 5) is 0. The van der Waals surface area contributed by atoms with Crippen LogP contribution in [0.3, 0.4) is 0 Å². The summed E-state index contributed by atoms with van der Waals surface area (Å²) >= 11 is 0. The van der Waals surface area contributed by atoms with Gasteiger partial charge >= 0.3 is 7.12 Å². The molecule has 4 heteroatoms. The maximum atomic E-state index is 6.33. The van der Waals surface area contributed by atoms with Crippen LogP contribution in [0, 0.1) is 12.3 Å². The topological polar surface area (TPSA) is 23.4 Å². The predicted molar refractivity (Wildman–Crippen MR) is 141 cm³/mol. The summed E-state index contributed by atoms with van der Waals surface area (Å²) in [6.45, 7) is 19.8. The standard InChI is InChI=1S/C29H38BNO2/c1-10-27(4,5)20(2)18-25-21(3)31(26-17-12-11-16-24(25)26)23-15-13-14-22(19-23)30-32-28(6,7)29(8,9)33-30/h11-19H,10H2,1-9H3/b20-18+. The zero-order chi connectivity index (χ0) is 24.2. The quantitative estimate of drug-likeness (QED) is 0.394. The number of hydrogen-bond acceptors (Lipinski definition) is 2. The molecule has 1 aliphatic heterocycles. The molecule has 1 saturated heterocycles. The van der Waals surface area contributed by atoms with E-state index >= 15 is 0 Å². The molecule has 0 amide bonds. The van der Waals surface area contributed by atoms with E-state index in [1.54, 1.807) is 0 Å². The molecule has 2 aromatic carbocycles. The van der Waals surface area contributed by atoms with E-state index in [0.717, 1.165) is 17.6 Å². The minimum absolute atomic E-state index is 0.173. The Labute approximate surface area is 199 Å². The Morgan fingerprint density at radius 3 is 2.27 bits per heavy atom. The first-order chi connectivity index (χ1) is 15.4. The molecule has 0 atom stereocenters. The number of rotatable bonds is 5. The van der Waals surface area contributed by atoms with Crippen LogP contribution in [-0.2, 0) is 9.31 Å². The highest BCUT2D eigenvalue weighted by atomic mass is 16.7. The highest BCUT2D eigenvalue weighted by Crippen LogP contribution is 2.38. The molecular formula is C29H38BNO2.